The van der Waals surface area contributed by atoms with Gasteiger partial charge in [-0.1, -0.05) is 5.16 Å². The van der Waals surface area contributed by atoms with Crippen molar-refractivity contribution in [2.45, 2.75) is 12.8 Å². The van der Waals surface area contributed by atoms with Crippen LogP contribution in [-0.2, 0) is 16.0 Å². The summed E-state index contributed by atoms with van der Waals surface area (Å²) in [6, 6.07) is 5.65. The molecule has 140 valence electrons. The van der Waals surface area contributed by atoms with Gasteiger partial charge in [0.05, 0.1) is 13.5 Å². The van der Waals surface area contributed by atoms with Crippen LogP contribution >= 0.6 is 11.3 Å². The molecule has 0 aliphatic carbocycles. The van der Waals surface area contributed by atoms with Gasteiger partial charge in [0, 0.05) is 22.9 Å². The molecular formula is C18H15FN2O5S. The van der Waals surface area contributed by atoms with Crippen LogP contribution in [0, 0.1) is 5.82 Å². The van der Waals surface area contributed by atoms with Crippen molar-refractivity contribution in [1.29, 1.82) is 0 Å². The number of aromatic nitrogens is 2. The number of carbonyl (C=O) groups is 2. The van der Waals surface area contributed by atoms with Crippen molar-refractivity contribution in [3.63, 3.8) is 0 Å². The largest absolute Gasteiger partial charge is 0.494 e. The molecule has 0 atom stereocenters. The Hall–Kier alpha value is -3.07. The van der Waals surface area contributed by atoms with E-state index in [1.54, 1.807) is 0 Å². The van der Waals surface area contributed by atoms with E-state index in [-0.39, 0.29) is 24.2 Å². The van der Waals surface area contributed by atoms with E-state index in [0.29, 0.717) is 11.7 Å². The van der Waals surface area contributed by atoms with E-state index >= 15 is 0 Å². The van der Waals surface area contributed by atoms with Crippen LogP contribution < -0.4 is 4.74 Å². The molecule has 0 bridgehead atoms. The summed E-state index contributed by atoms with van der Waals surface area (Å²) in [5.41, 5.74) is 0.938. The Kier molecular flexibility index (Phi) is 5.92. The second-order valence-electron chi connectivity index (χ2n) is 5.46. The molecule has 27 heavy (non-hydrogen) atoms. The number of esters is 1. The van der Waals surface area contributed by atoms with Gasteiger partial charge in [-0.3, -0.25) is 9.59 Å². The number of benzene rings is 1. The zero-order valence-electron chi connectivity index (χ0n) is 14.3. The number of ketones is 1. The van der Waals surface area contributed by atoms with Crippen LogP contribution in [0.3, 0.4) is 0 Å². The molecule has 0 aliphatic heterocycles. The van der Waals surface area contributed by atoms with E-state index in [1.807, 2.05) is 16.8 Å². The lowest BCUT2D eigenvalue weighted by molar-refractivity contribution is -0.142. The molecule has 2 aromatic heterocycles. The monoisotopic (exact) mass is 390 g/mol. The number of aryl methyl sites for hydroxylation is 1. The number of methoxy groups -OCH3 is 1. The minimum absolute atomic E-state index is 0.0183. The average molecular weight is 390 g/mol. The average Bonchev–Trinajstić information content (AvgIpc) is 3.35. The fourth-order valence-corrected chi connectivity index (χ4v) is 2.85. The molecule has 0 fully saturated rings. The molecule has 0 aliphatic rings. The number of hydrogen-bond acceptors (Lipinski definition) is 8. The molecule has 0 radical (unpaired) electrons. The molecule has 3 aromatic rings. The van der Waals surface area contributed by atoms with E-state index in [4.69, 9.17) is 14.0 Å². The maximum absolute atomic E-state index is 13.6. The number of Topliss-reactive ketones (excluding diaryl/α,β-unsaturated/α-hetero) is 1. The third-order valence-electron chi connectivity index (χ3n) is 3.63. The Bertz CT molecular complexity index is 939. The predicted octanol–water partition coefficient (Wildman–Crippen LogP) is 3.30. The summed E-state index contributed by atoms with van der Waals surface area (Å²) in [5.74, 6) is -0.972. The van der Waals surface area contributed by atoms with Crippen LogP contribution in [-0.4, -0.2) is 35.6 Å². The standard InChI is InChI=1S/C18H15FN2O5S/c1-24-15-3-2-11(8-13(15)19)14(22)9-25-17(23)5-4-16-20-18(21-26-16)12-6-7-27-10-12/h2-3,6-8,10H,4-5,9H2,1H3. The lowest BCUT2D eigenvalue weighted by atomic mass is 10.1. The first-order valence-corrected chi connectivity index (χ1v) is 8.88. The summed E-state index contributed by atoms with van der Waals surface area (Å²) >= 11 is 1.51. The summed E-state index contributed by atoms with van der Waals surface area (Å²) in [7, 11) is 1.33. The van der Waals surface area contributed by atoms with Crippen LogP contribution in [0.25, 0.3) is 11.4 Å². The summed E-state index contributed by atoms with van der Waals surface area (Å²) in [6.07, 6.45) is 0.177. The number of ether oxygens (including phenoxy) is 2. The minimum Gasteiger partial charge on any atom is -0.494 e. The first-order valence-electron chi connectivity index (χ1n) is 7.94. The molecule has 7 nitrogen and oxygen atoms in total. The van der Waals surface area contributed by atoms with Crippen molar-refractivity contribution >= 4 is 23.1 Å². The first-order chi connectivity index (χ1) is 13.1. The molecule has 3 rings (SSSR count). The van der Waals surface area contributed by atoms with Crippen LogP contribution in [0.15, 0.2) is 39.5 Å². The number of nitrogens with zero attached hydrogens (tertiary/aromatic N) is 2. The lowest BCUT2D eigenvalue weighted by Gasteiger charge is -2.05. The molecule has 9 heteroatoms. The van der Waals surface area contributed by atoms with Gasteiger partial charge in [-0.05, 0) is 29.6 Å². The van der Waals surface area contributed by atoms with Crippen LogP contribution in [0.5, 0.6) is 5.75 Å². The Morgan fingerprint density at radius 2 is 2.15 bits per heavy atom. The van der Waals surface area contributed by atoms with Gasteiger partial charge in [0.15, 0.2) is 24.0 Å². The van der Waals surface area contributed by atoms with Gasteiger partial charge in [-0.25, -0.2) is 4.39 Å². The third kappa shape index (κ3) is 4.76. The Morgan fingerprint density at radius 3 is 2.85 bits per heavy atom. The summed E-state index contributed by atoms with van der Waals surface area (Å²) in [5, 5.41) is 7.62. The maximum atomic E-state index is 13.6. The van der Waals surface area contributed by atoms with E-state index in [0.717, 1.165) is 11.6 Å². The van der Waals surface area contributed by atoms with E-state index in [1.165, 1.54) is 30.6 Å². The fraction of sp³-hybridized carbons (Fsp3) is 0.222. The van der Waals surface area contributed by atoms with Gasteiger partial charge in [0.25, 0.3) is 0 Å². The zero-order chi connectivity index (χ0) is 19.2. The second-order valence-corrected chi connectivity index (χ2v) is 6.24. The normalized spacial score (nSPS) is 10.6. The number of halogens is 1. The fourth-order valence-electron chi connectivity index (χ4n) is 2.22. The quantitative estimate of drug-likeness (QED) is 0.430. The topological polar surface area (TPSA) is 91.5 Å². The van der Waals surface area contributed by atoms with Crippen LogP contribution in [0.4, 0.5) is 4.39 Å². The Balaban J connectivity index is 1.47. The van der Waals surface area contributed by atoms with Crippen molar-refractivity contribution < 1.29 is 28.0 Å². The SMILES string of the molecule is COc1ccc(C(=O)COC(=O)CCc2nc(-c3ccsc3)no2)cc1F. The number of carbonyl (C=O) groups excluding carboxylic acids is 2. The maximum Gasteiger partial charge on any atom is 0.306 e. The van der Waals surface area contributed by atoms with Crippen molar-refractivity contribution in [2.24, 2.45) is 0 Å². The molecule has 0 saturated carbocycles. The molecule has 0 amide bonds. The minimum atomic E-state index is -0.660. The van der Waals surface area contributed by atoms with Crippen molar-refractivity contribution in [1.82, 2.24) is 10.1 Å². The van der Waals surface area contributed by atoms with Gasteiger partial charge < -0.3 is 14.0 Å². The molecule has 0 spiro atoms. The summed E-state index contributed by atoms with van der Waals surface area (Å²) < 4.78 is 28.4. The zero-order valence-corrected chi connectivity index (χ0v) is 15.1. The van der Waals surface area contributed by atoms with Crippen molar-refractivity contribution in [3.8, 4) is 17.1 Å². The van der Waals surface area contributed by atoms with E-state index in [9.17, 15) is 14.0 Å². The highest BCUT2D eigenvalue weighted by Crippen LogP contribution is 2.19. The Morgan fingerprint density at radius 1 is 1.30 bits per heavy atom. The first kappa shape index (κ1) is 18.7. The molecule has 1 aromatic carbocycles. The molecule has 0 unspecified atom stereocenters. The smallest absolute Gasteiger partial charge is 0.306 e. The van der Waals surface area contributed by atoms with Crippen molar-refractivity contribution in [2.75, 3.05) is 13.7 Å². The number of hydrogen-bond donors (Lipinski definition) is 0. The van der Waals surface area contributed by atoms with Crippen LogP contribution in [0.1, 0.15) is 22.7 Å². The predicted molar refractivity (Wildman–Crippen MR) is 94.2 cm³/mol. The van der Waals surface area contributed by atoms with Gasteiger partial charge in [-0.15, -0.1) is 0 Å². The second kappa shape index (κ2) is 8.54. The summed E-state index contributed by atoms with van der Waals surface area (Å²) in [4.78, 5) is 28.0. The van der Waals surface area contributed by atoms with Crippen molar-refractivity contribution in [3.05, 3.63) is 52.3 Å². The van der Waals surface area contributed by atoms with Gasteiger partial charge in [0.2, 0.25) is 11.7 Å². The van der Waals surface area contributed by atoms with Gasteiger partial charge in [-0.2, -0.15) is 16.3 Å². The van der Waals surface area contributed by atoms with Gasteiger partial charge >= 0.3 is 5.97 Å². The highest BCUT2D eigenvalue weighted by molar-refractivity contribution is 7.08. The van der Waals surface area contributed by atoms with Gasteiger partial charge in [0.1, 0.15) is 0 Å². The lowest BCUT2D eigenvalue weighted by Crippen LogP contribution is -2.14. The molecular weight excluding hydrogens is 375 g/mol. The number of thiophene rings is 1. The van der Waals surface area contributed by atoms with E-state index in [2.05, 4.69) is 10.1 Å². The van der Waals surface area contributed by atoms with Crippen LogP contribution in [0.2, 0.25) is 0 Å². The summed E-state index contributed by atoms with van der Waals surface area (Å²) in [6.45, 7) is -0.478. The number of rotatable bonds is 8. The Labute approximate surface area is 157 Å². The molecule has 0 saturated heterocycles. The molecule has 2 heterocycles. The highest BCUT2D eigenvalue weighted by atomic mass is 32.1. The molecule has 0 N–H and O–H groups in total. The van der Waals surface area contributed by atoms with E-state index < -0.39 is 24.2 Å². The highest BCUT2D eigenvalue weighted by Gasteiger charge is 2.15. The third-order valence-corrected chi connectivity index (χ3v) is 4.31.